The molecular weight excluding hydrogens is 414 g/mol. The quantitative estimate of drug-likeness (QED) is 0.416. The Hall–Kier alpha value is -3.77. The first kappa shape index (κ1) is 20.2. The van der Waals surface area contributed by atoms with Gasteiger partial charge in [0.25, 0.3) is 0 Å². The van der Waals surface area contributed by atoms with E-state index < -0.39 is 0 Å². The number of allylic oxidation sites excluding steroid dienone is 1. The molecule has 0 unspecified atom stereocenters. The minimum Gasteiger partial charge on any atom is -0.352 e. The van der Waals surface area contributed by atoms with Crippen molar-refractivity contribution < 1.29 is 0 Å². The number of aryl methyl sites for hydroxylation is 2. The molecule has 5 aromatic rings. The summed E-state index contributed by atoms with van der Waals surface area (Å²) in [4.78, 5) is 14.7. The van der Waals surface area contributed by atoms with Gasteiger partial charge in [-0.2, -0.15) is 5.10 Å². The molecular formula is C26H23N5S. The van der Waals surface area contributed by atoms with Crippen LogP contribution in [0.4, 0.5) is 0 Å². The summed E-state index contributed by atoms with van der Waals surface area (Å²) < 4.78 is 0. The van der Waals surface area contributed by atoms with Gasteiger partial charge in [-0.15, -0.1) is 11.3 Å². The second-order valence-electron chi connectivity index (χ2n) is 7.79. The van der Waals surface area contributed by atoms with E-state index in [0.29, 0.717) is 0 Å². The Morgan fingerprint density at radius 1 is 1.09 bits per heavy atom. The number of H-pyrrole nitrogens is 2. The summed E-state index contributed by atoms with van der Waals surface area (Å²) in [6.45, 7) is 10.5. The van der Waals surface area contributed by atoms with Crippen molar-refractivity contribution in [3.8, 4) is 21.8 Å². The zero-order chi connectivity index (χ0) is 22.2. The lowest BCUT2D eigenvalue weighted by Gasteiger charge is -2.03. The maximum atomic E-state index is 4.63. The van der Waals surface area contributed by atoms with Crippen LogP contribution < -0.4 is 10.6 Å². The Labute approximate surface area is 189 Å². The van der Waals surface area contributed by atoms with Crippen LogP contribution in [0.5, 0.6) is 0 Å². The third-order valence-corrected chi connectivity index (χ3v) is 6.67. The Balaban J connectivity index is 1.68. The first-order valence-electron chi connectivity index (χ1n) is 10.4. The highest BCUT2D eigenvalue weighted by Gasteiger charge is 2.14. The van der Waals surface area contributed by atoms with Crippen molar-refractivity contribution in [2.24, 2.45) is 0 Å². The minimum atomic E-state index is 0.852. The van der Waals surface area contributed by atoms with Crippen LogP contribution in [0, 0.1) is 13.8 Å². The number of nitrogens with zero attached hydrogens (tertiary/aromatic N) is 3. The molecule has 5 heterocycles. The number of nitrogens with one attached hydrogen (secondary N) is 2. The Bertz CT molecular complexity index is 1580. The number of aromatic nitrogens is 5. The van der Waals surface area contributed by atoms with E-state index in [2.05, 4.69) is 69.9 Å². The average molecular weight is 438 g/mol. The number of fused-ring (bicyclic) bond motifs is 1. The van der Waals surface area contributed by atoms with Crippen LogP contribution in [-0.2, 0) is 0 Å². The van der Waals surface area contributed by atoms with Crippen molar-refractivity contribution in [2.75, 3.05) is 0 Å². The van der Waals surface area contributed by atoms with Crippen molar-refractivity contribution in [1.82, 2.24) is 25.1 Å². The van der Waals surface area contributed by atoms with Gasteiger partial charge in [0.05, 0.1) is 22.8 Å². The molecule has 0 aliphatic heterocycles. The topological polar surface area (TPSA) is 70.2 Å². The highest BCUT2D eigenvalue weighted by Crippen LogP contribution is 2.34. The molecule has 0 aromatic carbocycles. The first-order valence-corrected chi connectivity index (χ1v) is 11.2. The van der Waals surface area contributed by atoms with Crippen LogP contribution in [0.2, 0.25) is 0 Å². The SMILES string of the molecule is C=C(/C=c1/c(-c2cc3c(-c4ccc(C)s4)cncc3[nH]2)n[nH]/c1=C/C)c1cnccc1C. The van der Waals surface area contributed by atoms with Gasteiger partial charge in [-0.25, -0.2) is 0 Å². The van der Waals surface area contributed by atoms with Gasteiger partial charge in [0.2, 0.25) is 0 Å². The highest BCUT2D eigenvalue weighted by atomic mass is 32.1. The molecule has 2 N–H and O–H groups in total. The van der Waals surface area contributed by atoms with E-state index in [0.717, 1.165) is 55.1 Å². The number of hydrogen-bond donors (Lipinski definition) is 2. The van der Waals surface area contributed by atoms with Gasteiger partial charge in [-0.05, 0) is 62.2 Å². The van der Waals surface area contributed by atoms with Crippen molar-refractivity contribution in [2.45, 2.75) is 20.8 Å². The van der Waals surface area contributed by atoms with Crippen LogP contribution in [0.3, 0.4) is 0 Å². The van der Waals surface area contributed by atoms with Crippen LogP contribution >= 0.6 is 11.3 Å². The average Bonchev–Trinajstić information content (AvgIpc) is 3.51. The van der Waals surface area contributed by atoms with E-state index in [-0.39, 0.29) is 0 Å². The lowest BCUT2D eigenvalue weighted by Crippen LogP contribution is -2.23. The predicted molar refractivity (Wildman–Crippen MR) is 134 cm³/mol. The first-order chi connectivity index (χ1) is 15.5. The molecule has 0 radical (unpaired) electrons. The fourth-order valence-corrected chi connectivity index (χ4v) is 4.83. The molecule has 32 heavy (non-hydrogen) atoms. The highest BCUT2D eigenvalue weighted by molar-refractivity contribution is 7.15. The van der Waals surface area contributed by atoms with E-state index >= 15 is 0 Å². The van der Waals surface area contributed by atoms with E-state index in [4.69, 9.17) is 0 Å². The van der Waals surface area contributed by atoms with Crippen LogP contribution in [0.1, 0.15) is 22.9 Å². The molecule has 5 rings (SSSR count). The van der Waals surface area contributed by atoms with Crippen LogP contribution in [0.15, 0.2) is 55.6 Å². The fourth-order valence-electron chi connectivity index (χ4n) is 3.94. The summed E-state index contributed by atoms with van der Waals surface area (Å²) in [7, 11) is 0. The third-order valence-electron chi connectivity index (χ3n) is 5.63. The normalized spacial score (nSPS) is 12.7. The Kier molecular flexibility index (Phi) is 5.07. The van der Waals surface area contributed by atoms with Gasteiger partial charge in [-0.3, -0.25) is 15.1 Å². The zero-order valence-corrected chi connectivity index (χ0v) is 19.0. The molecule has 5 aromatic heterocycles. The number of thiophene rings is 1. The lowest BCUT2D eigenvalue weighted by atomic mass is 10.0. The summed E-state index contributed by atoms with van der Waals surface area (Å²) in [5.41, 5.74) is 6.97. The molecule has 0 aliphatic rings. The van der Waals surface area contributed by atoms with E-state index in [1.807, 2.05) is 37.7 Å². The second-order valence-corrected chi connectivity index (χ2v) is 9.08. The monoisotopic (exact) mass is 437 g/mol. The van der Waals surface area contributed by atoms with Crippen molar-refractivity contribution in [3.05, 3.63) is 82.2 Å². The van der Waals surface area contributed by atoms with Gasteiger partial charge in [-0.1, -0.05) is 12.7 Å². The fraction of sp³-hybridized carbons (Fsp3) is 0.115. The third kappa shape index (κ3) is 3.48. The summed E-state index contributed by atoms with van der Waals surface area (Å²) in [5.74, 6) is 0. The Morgan fingerprint density at radius 2 is 1.97 bits per heavy atom. The largest absolute Gasteiger partial charge is 0.352 e. The maximum Gasteiger partial charge on any atom is 0.116 e. The second kappa shape index (κ2) is 8.05. The van der Waals surface area contributed by atoms with Crippen molar-refractivity contribution in [1.29, 1.82) is 0 Å². The van der Waals surface area contributed by atoms with E-state index in [1.165, 1.54) is 9.75 Å². The number of aromatic amines is 2. The maximum absolute atomic E-state index is 4.63. The van der Waals surface area contributed by atoms with Crippen LogP contribution in [-0.4, -0.2) is 25.1 Å². The van der Waals surface area contributed by atoms with Crippen LogP contribution in [0.25, 0.3) is 50.5 Å². The molecule has 0 aliphatic carbocycles. The molecule has 6 heteroatoms. The summed E-state index contributed by atoms with van der Waals surface area (Å²) in [5, 5.41) is 10.9. The molecule has 0 spiro atoms. The Morgan fingerprint density at radius 3 is 2.72 bits per heavy atom. The number of pyridine rings is 2. The lowest BCUT2D eigenvalue weighted by molar-refractivity contribution is 1.06. The summed E-state index contributed by atoms with van der Waals surface area (Å²) in [6, 6.07) is 8.45. The number of hydrogen-bond acceptors (Lipinski definition) is 4. The van der Waals surface area contributed by atoms with E-state index in [1.54, 1.807) is 17.5 Å². The molecule has 0 saturated heterocycles. The molecule has 0 atom stereocenters. The van der Waals surface area contributed by atoms with Crippen molar-refractivity contribution in [3.63, 3.8) is 0 Å². The molecule has 0 bridgehead atoms. The van der Waals surface area contributed by atoms with Gasteiger partial charge < -0.3 is 4.98 Å². The summed E-state index contributed by atoms with van der Waals surface area (Å²) in [6.07, 6.45) is 11.5. The van der Waals surface area contributed by atoms with Gasteiger partial charge in [0.15, 0.2) is 0 Å². The number of rotatable bonds is 4. The van der Waals surface area contributed by atoms with Gasteiger partial charge >= 0.3 is 0 Å². The van der Waals surface area contributed by atoms with Gasteiger partial charge in [0, 0.05) is 50.1 Å². The smallest absolute Gasteiger partial charge is 0.116 e. The van der Waals surface area contributed by atoms with Gasteiger partial charge in [0.1, 0.15) is 5.69 Å². The molecule has 5 nitrogen and oxygen atoms in total. The summed E-state index contributed by atoms with van der Waals surface area (Å²) >= 11 is 1.77. The van der Waals surface area contributed by atoms with Crippen molar-refractivity contribution >= 4 is 40.0 Å². The van der Waals surface area contributed by atoms with E-state index in [9.17, 15) is 0 Å². The standard InChI is InChI=1S/C26H23N5S/c1-5-22-19(10-16(3)20-12-27-9-8-15(20)2)26(31-30-22)23-11-18-21(13-28-14-24(18)29-23)25-7-6-17(4)32-25/h5-14,29-30H,3H2,1-2,4H3/b19-10+,22-5+. The molecule has 0 fully saturated rings. The predicted octanol–water partition coefficient (Wildman–Crippen LogP) is 4.99. The molecule has 0 saturated carbocycles. The molecule has 0 amide bonds. The molecule has 158 valence electrons. The zero-order valence-electron chi connectivity index (χ0n) is 18.2. The minimum absolute atomic E-state index is 0.852.